The molecule has 0 aliphatic rings. The van der Waals surface area contributed by atoms with E-state index in [2.05, 4.69) is 37.6 Å². The number of rotatable bonds is 7. The summed E-state index contributed by atoms with van der Waals surface area (Å²) in [5.41, 5.74) is 1.31. The van der Waals surface area contributed by atoms with Crippen LogP contribution in [0.2, 0.25) is 0 Å². The van der Waals surface area contributed by atoms with Crippen LogP contribution in [0.25, 0.3) is 0 Å². The SMILES string of the molecule is CCOc1ccc(C(C)NC(C)CSC)cc1. The maximum atomic E-state index is 5.44. The molecule has 0 aromatic heterocycles. The molecule has 0 radical (unpaired) electrons. The molecular formula is C14H23NOS. The maximum Gasteiger partial charge on any atom is 0.119 e. The highest BCUT2D eigenvalue weighted by Gasteiger charge is 2.08. The zero-order valence-corrected chi connectivity index (χ0v) is 12.0. The molecule has 2 nitrogen and oxygen atoms in total. The second-order valence-electron chi connectivity index (χ2n) is 4.25. The first kappa shape index (κ1) is 14.4. The molecule has 2 unspecified atom stereocenters. The van der Waals surface area contributed by atoms with Crippen molar-refractivity contribution in [1.82, 2.24) is 5.32 Å². The fourth-order valence-corrected chi connectivity index (χ4v) is 2.44. The molecular weight excluding hydrogens is 230 g/mol. The molecule has 0 bridgehead atoms. The molecule has 17 heavy (non-hydrogen) atoms. The lowest BCUT2D eigenvalue weighted by atomic mass is 10.1. The predicted octanol–water partition coefficient (Wildman–Crippen LogP) is 3.49. The van der Waals surface area contributed by atoms with Crippen LogP contribution in [0.4, 0.5) is 0 Å². The summed E-state index contributed by atoms with van der Waals surface area (Å²) < 4.78 is 5.44. The standard InChI is InChI=1S/C14H23NOS/c1-5-16-14-8-6-13(7-9-14)12(3)15-11(2)10-17-4/h6-9,11-12,15H,5,10H2,1-4H3. The smallest absolute Gasteiger partial charge is 0.119 e. The normalized spacial score (nSPS) is 14.4. The van der Waals surface area contributed by atoms with Crippen LogP contribution >= 0.6 is 11.8 Å². The third-order valence-electron chi connectivity index (χ3n) is 2.64. The average Bonchev–Trinajstić information content (AvgIpc) is 2.30. The third-order valence-corrected chi connectivity index (χ3v) is 3.48. The first-order chi connectivity index (χ1) is 8.17. The fourth-order valence-electron chi connectivity index (χ4n) is 1.84. The molecule has 96 valence electrons. The van der Waals surface area contributed by atoms with Crippen molar-refractivity contribution in [3.63, 3.8) is 0 Å². The molecule has 3 heteroatoms. The number of benzene rings is 1. The van der Waals surface area contributed by atoms with Crippen LogP contribution in [0.1, 0.15) is 32.4 Å². The Kier molecular flexibility index (Phi) is 6.45. The Bertz CT molecular complexity index is 313. The lowest BCUT2D eigenvalue weighted by molar-refractivity contribution is 0.340. The molecule has 0 fully saturated rings. The zero-order valence-electron chi connectivity index (χ0n) is 11.2. The van der Waals surface area contributed by atoms with Gasteiger partial charge in [0.05, 0.1) is 6.61 Å². The lowest BCUT2D eigenvalue weighted by Gasteiger charge is -2.20. The van der Waals surface area contributed by atoms with Crippen LogP contribution in [0.15, 0.2) is 24.3 Å². The molecule has 0 aliphatic carbocycles. The summed E-state index contributed by atoms with van der Waals surface area (Å²) in [4.78, 5) is 0. The Labute approximate surface area is 109 Å². The summed E-state index contributed by atoms with van der Waals surface area (Å²) in [6, 6.07) is 9.26. The van der Waals surface area contributed by atoms with Crippen molar-refractivity contribution in [2.45, 2.75) is 32.9 Å². The highest BCUT2D eigenvalue weighted by molar-refractivity contribution is 7.98. The van der Waals surface area contributed by atoms with E-state index >= 15 is 0 Å². The van der Waals surface area contributed by atoms with Crippen molar-refractivity contribution >= 4 is 11.8 Å². The first-order valence-corrected chi connectivity index (χ1v) is 7.54. The molecule has 0 aliphatic heterocycles. The van der Waals surface area contributed by atoms with Gasteiger partial charge in [-0.2, -0.15) is 11.8 Å². The highest BCUT2D eigenvalue weighted by atomic mass is 32.2. The zero-order chi connectivity index (χ0) is 12.7. The van der Waals surface area contributed by atoms with E-state index in [1.165, 1.54) is 5.56 Å². The molecule has 1 aromatic rings. The van der Waals surface area contributed by atoms with E-state index in [4.69, 9.17) is 4.74 Å². The number of ether oxygens (including phenoxy) is 1. The summed E-state index contributed by atoms with van der Waals surface area (Å²) in [6.45, 7) is 7.15. The topological polar surface area (TPSA) is 21.3 Å². The quantitative estimate of drug-likeness (QED) is 0.804. The largest absolute Gasteiger partial charge is 0.494 e. The Morgan fingerprint density at radius 1 is 1.24 bits per heavy atom. The molecule has 1 aromatic carbocycles. The van der Waals surface area contributed by atoms with E-state index in [-0.39, 0.29) is 0 Å². The number of hydrogen-bond donors (Lipinski definition) is 1. The lowest BCUT2D eigenvalue weighted by Crippen LogP contribution is -2.30. The maximum absolute atomic E-state index is 5.44. The summed E-state index contributed by atoms with van der Waals surface area (Å²) >= 11 is 1.87. The minimum Gasteiger partial charge on any atom is -0.494 e. The number of hydrogen-bond acceptors (Lipinski definition) is 3. The van der Waals surface area contributed by atoms with Crippen LogP contribution in [0, 0.1) is 0 Å². The van der Waals surface area contributed by atoms with Crippen molar-refractivity contribution in [2.24, 2.45) is 0 Å². The van der Waals surface area contributed by atoms with Gasteiger partial charge in [-0.15, -0.1) is 0 Å². The van der Waals surface area contributed by atoms with Crippen LogP contribution in [-0.2, 0) is 0 Å². The van der Waals surface area contributed by atoms with Crippen LogP contribution in [0.3, 0.4) is 0 Å². The van der Waals surface area contributed by atoms with Gasteiger partial charge in [-0.05, 0) is 44.7 Å². The van der Waals surface area contributed by atoms with Gasteiger partial charge >= 0.3 is 0 Å². The fraction of sp³-hybridized carbons (Fsp3) is 0.571. The van der Waals surface area contributed by atoms with Crippen LogP contribution in [-0.4, -0.2) is 24.7 Å². The Morgan fingerprint density at radius 3 is 2.41 bits per heavy atom. The van der Waals surface area contributed by atoms with Crippen molar-refractivity contribution in [2.75, 3.05) is 18.6 Å². The summed E-state index contributed by atoms with van der Waals surface area (Å²) in [6.07, 6.45) is 2.14. The monoisotopic (exact) mass is 253 g/mol. The number of nitrogens with one attached hydrogen (secondary N) is 1. The third kappa shape index (κ3) is 5.00. The molecule has 0 amide bonds. The van der Waals surface area contributed by atoms with Gasteiger partial charge in [0.25, 0.3) is 0 Å². The van der Waals surface area contributed by atoms with Gasteiger partial charge in [0.1, 0.15) is 5.75 Å². The van der Waals surface area contributed by atoms with Crippen LogP contribution in [0.5, 0.6) is 5.75 Å². The van der Waals surface area contributed by atoms with Crippen molar-refractivity contribution in [3.05, 3.63) is 29.8 Å². The van der Waals surface area contributed by atoms with Gasteiger partial charge in [0, 0.05) is 17.8 Å². The molecule has 2 atom stereocenters. The molecule has 1 N–H and O–H groups in total. The Hall–Kier alpha value is -0.670. The first-order valence-electron chi connectivity index (χ1n) is 6.15. The second-order valence-corrected chi connectivity index (χ2v) is 5.16. The van der Waals surface area contributed by atoms with E-state index < -0.39 is 0 Å². The van der Waals surface area contributed by atoms with E-state index in [1.807, 2.05) is 30.8 Å². The molecule has 1 rings (SSSR count). The van der Waals surface area contributed by atoms with E-state index in [1.54, 1.807) is 0 Å². The van der Waals surface area contributed by atoms with Gasteiger partial charge in [-0.3, -0.25) is 0 Å². The van der Waals surface area contributed by atoms with Crippen molar-refractivity contribution in [1.29, 1.82) is 0 Å². The second kappa shape index (κ2) is 7.62. The predicted molar refractivity (Wildman–Crippen MR) is 77.0 cm³/mol. The summed E-state index contributed by atoms with van der Waals surface area (Å²) in [7, 11) is 0. The highest BCUT2D eigenvalue weighted by Crippen LogP contribution is 2.18. The van der Waals surface area contributed by atoms with E-state index in [9.17, 15) is 0 Å². The van der Waals surface area contributed by atoms with Gasteiger partial charge in [-0.25, -0.2) is 0 Å². The van der Waals surface area contributed by atoms with Gasteiger partial charge in [0.2, 0.25) is 0 Å². The molecule has 0 saturated heterocycles. The summed E-state index contributed by atoms with van der Waals surface area (Å²) in [5.74, 6) is 2.09. The minimum atomic E-state index is 0.382. The Balaban J connectivity index is 2.53. The van der Waals surface area contributed by atoms with E-state index in [0.29, 0.717) is 12.1 Å². The van der Waals surface area contributed by atoms with Crippen LogP contribution < -0.4 is 10.1 Å². The molecule has 0 saturated carbocycles. The van der Waals surface area contributed by atoms with Gasteiger partial charge in [0.15, 0.2) is 0 Å². The van der Waals surface area contributed by atoms with Crippen molar-refractivity contribution in [3.8, 4) is 5.75 Å². The average molecular weight is 253 g/mol. The number of thioether (sulfide) groups is 1. The van der Waals surface area contributed by atoms with E-state index in [0.717, 1.165) is 18.1 Å². The Morgan fingerprint density at radius 2 is 1.88 bits per heavy atom. The van der Waals surface area contributed by atoms with Gasteiger partial charge in [-0.1, -0.05) is 12.1 Å². The van der Waals surface area contributed by atoms with Crippen molar-refractivity contribution < 1.29 is 4.74 Å². The van der Waals surface area contributed by atoms with Gasteiger partial charge < -0.3 is 10.1 Å². The summed E-state index contributed by atoms with van der Waals surface area (Å²) in [5, 5.41) is 3.59. The molecule has 0 spiro atoms. The minimum absolute atomic E-state index is 0.382. The molecule has 0 heterocycles.